The summed E-state index contributed by atoms with van der Waals surface area (Å²) in [6, 6.07) is 58.2. The summed E-state index contributed by atoms with van der Waals surface area (Å²) < 4.78 is 0. The molecule has 2 radical (unpaired) electrons. The molecule has 0 saturated carbocycles. The zero-order valence-corrected chi connectivity index (χ0v) is 36.5. The van der Waals surface area contributed by atoms with E-state index in [0.29, 0.717) is 0 Å². The number of fused-ring (bicyclic) bond motifs is 5. The minimum atomic E-state index is -0.826. The van der Waals surface area contributed by atoms with Gasteiger partial charge in [-0.1, -0.05) is 135 Å². The van der Waals surface area contributed by atoms with E-state index in [1.54, 1.807) is 0 Å². The quantitative estimate of drug-likeness (QED) is 0.116. The van der Waals surface area contributed by atoms with Gasteiger partial charge >= 0.3 is 37.9 Å². The molecule has 1 heterocycles. The van der Waals surface area contributed by atoms with Gasteiger partial charge in [-0.15, -0.1) is 74.6 Å². The second-order valence-corrected chi connectivity index (χ2v) is 18.3. The van der Waals surface area contributed by atoms with Crippen LogP contribution in [0.15, 0.2) is 152 Å². The summed E-state index contributed by atoms with van der Waals surface area (Å²) in [5.74, 6) is 0. The third-order valence-corrected chi connectivity index (χ3v) is 11.5. The molecule has 0 aliphatic carbocycles. The van der Waals surface area contributed by atoms with Gasteiger partial charge in [0.2, 0.25) is 0 Å². The molecule has 54 heavy (non-hydrogen) atoms. The molecule has 0 bridgehead atoms. The number of benzene rings is 6. The van der Waals surface area contributed by atoms with Crippen LogP contribution in [-0.4, -0.2) is 9.52 Å². The minimum absolute atomic E-state index is 0.795. The second kappa shape index (κ2) is 19.7. The van der Waals surface area contributed by atoms with E-state index in [9.17, 15) is 0 Å². The van der Waals surface area contributed by atoms with E-state index in [4.69, 9.17) is 17.0 Å². The van der Waals surface area contributed by atoms with E-state index >= 15 is 0 Å². The first-order chi connectivity index (χ1) is 26.5. The summed E-state index contributed by atoms with van der Waals surface area (Å²) in [7, 11) is 10.7. The van der Waals surface area contributed by atoms with E-state index in [-0.39, 0.29) is 0 Å². The zero-order valence-electron chi connectivity index (χ0n) is 31.5. The number of rotatable bonds is 6. The largest absolute Gasteiger partial charge is 0.184 e. The van der Waals surface area contributed by atoms with E-state index in [1.165, 1.54) is 87.6 Å². The Morgan fingerprint density at radius 1 is 0.500 bits per heavy atom. The first kappa shape index (κ1) is 39.9. The Morgan fingerprint density at radius 3 is 1.44 bits per heavy atom. The monoisotopic (exact) mass is 833 g/mol. The zero-order chi connectivity index (χ0) is 37.9. The Hall–Kier alpha value is -3.78. The van der Waals surface area contributed by atoms with Crippen LogP contribution in [0.2, 0.25) is 0 Å². The van der Waals surface area contributed by atoms with Crippen molar-refractivity contribution in [3.8, 4) is 33.4 Å². The molecular formula is C50H45Cl2SiZr-3. The van der Waals surface area contributed by atoms with Gasteiger partial charge in [0.1, 0.15) is 0 Å². The van der Waals surface area contributed by atoms with Crippen LogP contribution in [0, 0.1) is 6.07 Å². The fraction of sp³-hybridized carbons (Fsp3) is 0.160. The van der Waals surface area contributed by atoms with Crippen LogP contribution in [0.3, 0.4) is 0 Å². The number of hydrogen-bond acceptors (Lipinski definition) is 0. The van der Waals surface area contributed by atoms with E-state index < -0.39 is 20.8 Å². The molecule has 8 aromatic carbocycles. The van der Waals surface area contributed by atoms with Crippen molar-refractivity contribution in [2.45, 2.75) is 53.4 Å². The van der Waals surface area contributed by atoms with Crippen molar-refractivity contribution in [2.75, 3.05) is 0 Å². The van der Waals surface area contributed by atoms with Crippen molar-refractivity contribution in [3.05, 3.63) is 180 Å². The van der Waals surface area contributed by atoms with Crippen molar-refractivity contribution in [2.24, 2.45) is 0 Å². The summed E-state index contributed by atoms with van der Waals surface area (Å²) in [4.78, 5) is 0. The molecule has 1 aliphatic heterocycles. The summed E-state index contributed by atoms with van der Waals surface area (Å²) in [6.45, 7) is 8.88. The Labute approximate surface area is 343 Å². The Bertz CT molecular complexity index is 2270. The maximum atomic E-state index is 4.93. The Balaban J connectivity index is 0.000000135. The predicted octanol–water partition coefficient (Wildman–Crippen LogP) is 13.2. The molecule has 4 heteroatoms. The molecule has 0 unspecified atom stereocenters. The van der Waals surface area contributed by atoms with Crippen molar-refractivity contribution in [1.82, 2.24) is 0 Å². The average molecular weight is 836 g/mol. The molecule has 0 aromatic heterocycles. The average Bonchev–Trinajstić information content (AvgIpc) is 3.96. The Kier molecular flexibility index (Phi) is 14.6. The second-order valence-electron chi connectivity index (χ2n) is 13.3. The van der Waals surface area contributed by atoms with E-state index in [0.717, 1.165) is 35.2 Å². The number of hydrogen-bond donors (Lipinski definition) is 0. The van der Waals surface area contributed by atoms with Crippen LogP contribution >= 0.6 is 17.0 Å². The molecule has 0 atom stereocenters. The topological polar surface area (TPSA) is 0 Å². The molecule has 0 N–H and O–H groups in total. The van der Waals surface area contributed by atoms with Crippen molar-refractivity contribution in [1.29, 1.82) is 0 Å². The third-order valence-electron chi connectivity index (χ3n) is 10.1. The fourth-order valence-electron chi connectivity index (χ4n) is 7.38. The summed E-state index contributed by atoms with van der Waals surface area (Å²) >= 11 is -0.826. The summed E-state index contributed by atoms with van der Waals surface area (Å²) in [6.07, 6.45) is 4.36. The third kappa shape index (κ3) is 9.18. The van der Waals surface area contributed by atoms with E-state index in [1.807, 2.05) is 6.07 Å². The van der Waals surface area contributed by atoms with Crippen LogP contribution in [0.1, 0.15) is 49.9 Å². The molecule has 0 spiro atoms. The number of aryl methyl sites for hydroxylation is 4. The van der Waals surface area contributed by atoms with Gasteiger partial charge in [-0.25, -0.2) is 0 Å². The van der Waals surface area contributed by atoms with Crippen molar-refractivity contribution >= 4 is 58.5 Å². The molecule has 8 aromatic rings. The minimum Gasteiger partial charge on any atom is -0.184 e. The first-order valence-electron chi connectivity index (χ1n) is 18.9. The summed E-state index contributed by atoms with van der Waals surface area (Å²) in [5.41, 5.74) is 14.0. The van der Waals surface area contributed by atoms with Crippen LogP contribution in [0.5, 0.6) is 0 Å². The van der Waals surface area contributed by atoms with Gasteiger partial charge in [0.15, 0.2) is 0 Å². The molecule has 0 nitrogen and oxygen atoms in total. The molecule has 0 fully saturated rings. The molecule has 0 amide bonds. The molecular weight excluding hydrogens is 791 g/mol. The smallest absolute Gasteiger partial charge is 0.0920 e. The van der Waals surface area contributed by atoms with Crippen LogP contribution in [0.4, 0.5) is 0 Å². The summed E-state index contributed by atoms with van der Waals surface area (Å²) in [5, 5.41) is 8.32. The van der Waals surface area contributed by atoms with Crippen LogP contribution < -0.4 is 10.4 Å². The number of halogens is 2. The van der Waals surface area contributed by atoms with Gasteiger partial charge in [-0.05, 0) is 47.9 Å². The molecule has 0 saturated heterocycles. The maximum absolute atomic E-state index is 4.93. The van der Waals surface area contributed by atoms with Gasteiger partial charge < -0.3 is 0 Å². The predicted molar refractivity (Wildman–Crippen MR) is 235 cm³/mol. The molecule has 9 rings (SSSR count). The van der Waals surface area contributed by atoms with Gasteiger partial charge in [0.25, 0.3) is 0 Å². The first-order valence-corrected chi connectivity index (χ1v) is 26.2. The fourth-order valence-corrected chi connectivity index (χ4v) is 8.69. The normalized spacial score (nSPS) is 11.0. The van der Waals surface area contributed by atoms with Crippen LogP contribution in [-0.2, 0) is 46.5 Å². The van der Waals surface area contributed by atoms with E-state index in [2.05, 4.69) is 179 Å². The standard InChI is InChI=1S/2C19H19.C12H7Si.2ClH.Zr/c2*1-3-14-12-16-9-7-11-18(19(16)13-14)17-10-6-5-8-15(17)4-2;1-3-7-11-9(5-1)10-6-2-4-8-12(10)13-11;;;/h2*5-13H,3-4H2,1-2H3;1-7H;2*1H;/q3*-1;;;+2/p-2. The van der Waals surface area contributed by atoms with Gasteiger partial charge in [0.05, 0.1) is 9.52 Å². The Morgan fingerprint density at radius 2 is 0.944 bits per heavy atom. The maximum Gasteiger partial charge on any atom is 0.0920 e. The van der Waals surface area contributed by atoms with Gasteiger partial charge in [0, 0.05) is 0 Å². The molecule has 1 aliphatic rings. The van der Waals surface area contributed by atoms with Crippen molar-refractivity contribution in [3.63, 3.8) is 0 Å². The van der Waals surface area contributed by atoms with Gasteiger partial charge in [-0.2, -0.15) is 41.6 Å². The molecule has 270 valence electrons. The van der Waals surface area contributed by atoms with Gasteiger partial charge in [-0.3, -0.25) is 0 Å². The van der Waals surface area contributed by atoms with Crippen molar-refractivity contribution < 1.29 is 20.8 Å². The van der Waals surface area contributed by atoms with Crippen LogP contribution in [0.25, 0.3) is 54.9 Å². The SMILES string of the molecule is CCc1cc2c(-c3ccccc3CC)cccc2[cH-]1.CCc1cc2c(-c3ccccc3CC)cccc2[cH-]1.[Cl][Zr][Cl].[c-]1cccc2c1[Si]c1ccccc1-2.